The van der Waals surface area contributed by atoms with Crippen LogP contribution in [0.4, 0.5) is 5.69 Å². The summed E-state index contributed by atoms with van der Waals surface area (Å²) in [6.45, 7) is 3.37. The molecule has 0 unspecified atom stereocenters. The number of amides is 1. The van der Waals surface area contributed by atoms with Crippen molar-refractivity contribution in [1.82, 2.24) is 0 Å². The summed E-state index contributed by atoms with van der Waals surface area (Å²) in [4.78, 5) is 22.9. The van der Waals surface area contributed by atoms with Gasteiger partial charge in [0.15, 0.2) is 0 Å². The molecule has 0 spiro atoms. The lowest BCUT2D eigenvalue weighted by atomic mass is 10.1. The molecular formula is C13H17NO5. The van der Waals surface area contributed by atoms with Crippen LogP contribution in [0, 0.1) is 0 Å². The molecule has 104 valence electrons. The second kappa shape index (κ2) is 6.63. The fraction of sp³-hybridized carbons (Fsp3) is 0.385. The number of carbonyl (C=O) groups is 2. The molecule has 0 saturated heterocycles. The average Bonchev–Trinajstić information content (AvgIpc) is 2.38. The van der Waals surface area contributed by atoms with Crippen LogP contribution >= 0.6 is 0 Å². The van der Waals surface area contributed by atoms with E-state index in [0.717, 1.165) is 0 Å². The van der Waals surface area contributed by atoms with Crippen LogP contribution in [0.15, 0.2) is 12.1 Å². The minimum absolute atomic E-state index is 0.263. The summed E-state index contributed by atoms with van der Waals surface area (Å²) in [6, 6.07) is 2.98. The average molecular weight is 267 g/mol. The van der Waals surface area contributed by atoms with E-state index < -0.39 is 5.97 Å². The normalized spacial score (nSPS) is 9.68. The third kappa shape index (κ3) is 3.61. The quantitative estimate of drug-likeness (QED) is 0.824. The van der Waals surface area contributed by atoms with Gasteiger partial charge in [0.05, 0.1) is 26.4 Å². The van der Waals surface area contributed by atoms with E-state index in [4.69, 9.17) is 14.2 Å². The lowest BCUT2D eigenvalue weighted by molar-refractivity contribution is -0.114. The van der Waals surface area contributed by atoms with Crippen LogP contribution in [0.2, 0.25) is 0 Å². The molecule has 6 nitrogen and oxygen atoms in total. The van der Waals surface area contributed by atoms with Gasteiger partial charge in [0, 0.05) is 6.92 Å². The Hall–Kier alpha value is -2.24. The second-order valence-electron chi connectivity index (χ2n) is 3.66. The summed E-state index contributed by atoms with van der Waals surface area (Å²) in [6.07, 6.45) is 0. The standard InChI is InChI=1S/C13H17NO5/c1-5-19-13(16)9-6-10(17-3)12(14-8(2)15)11(7-9)18-4/h6-7H,5H2,1-4H3,(H,14,15). The number of anilines is 1. The number of esters is 1. The molecule has 1 aromatic carbocycles. The van der Waals surface area contributed by atoms with Crippen molar-refractivity contribution in [3.8, 4) is 11.5 Å². The fourth-order valence-corrected chi connectivity index (χ4v) is 1.54. The summed E-state index contributed by atoms with van der Waals surface area (Å²) < 4.78 is 15.2. The van der Waals surface area contributed by atoms with Crippen LogP contribution in [-0.2, 0) is 9.53 Å². The predicted molar refractivity (Wildman–Crippen MR) is 69.8 cm³/mol. The summed E-state index contributed by atoms with van der Waals surface area (Å²) in [5.74, 6) is -0.0795. The number of carbonyl (C=O) groups excluding carboxylic acids is 2. The van der Waals surface area contributed by atoms with Gasteiger partial charge in [0.1, 0.15) is 17.2 Å². The van der Waals surface area contributed by atoms with Crippen molar-refractivity contribution < 1.29 is 23.8 Å². The van der Waals surface area contributed by atoms with Crippen molar-refractivity contribution >= 4 is 17.6 Å². The Labute approximate surface area is 111 Å². The Balaban J connectivity index is 3.27. The van der Waals surface area contributed by atoms with Gasteiger partial charge in [-0.15, -0.1) is 0 Å². The third-order valence-corrected chi connectivity index (χ3v) is 2.32. The highest BCUT2D eigenvalue weighted by molar-refractivity contribution is 5.96. The molecule has 0 aliphatic heterocycles. The van der Waals surface area contributed by atoms with Gasteiger partial charge in [0.2, 0.25) is 5.91 Å². The van der Waals surface area contributed by atoms with Gasteiger partial charge in [-0.25, -0.2) is 4.79 Å². The maximum Gasteiger partial charge on any atom is 0.338 e. The largest absolute Gasteiger partial charge is 0.494 e. The van der Waals surface area contributed by atoms with E-state index in [0.29, 0.717) is 22.7 Å². The molecule has 0 saturated carbocycles. The molecule has 19 heavy (non-hydrogen) atoms. The lowest BCUT2D eigenvalue weighted by Gasteiger charge is -2.15. The van der Waals surface area contributed by atoms with Gasteiger partial charge in [-0.1, -0.05) is 0 Å². The minimum atomic E-state index is -0.478. The zero-order valence-electron chi connectivity index (χ0n) is 11.4. The van der Waals surface area contributed by atoms with Gasteiger partial charge < -0.3 is 19.5 Å². The number of methoxy groups -OCH3 is 2. The van der Waals surface area contributed by atoms with E-state index in [1.807, 2.05) is 0 Å². The first-order valence-corrected chi connectivity index (χ1v) is 5.74. The smallest absolute Gasteiger partial charge is 0.338 e. The van der Waals surface area contributed by atoms with Crippen molar-refractivity contribution in [3.63, 3.8) is 0 Å². The van der Waals surface area contributed by atoms with E-state index in [-0.39, 0.29) is 12.5 Å². The van der Waals surface area contributed by atoms with Gasteiger partial charge in [-0.05, 0) is 19.1 Å². The summed E-state index contributed by atoms with van der Waals surface area (Å²) in [5.41, 5.74) is 0.676. The van der Waals surface area contributed by atoms with E-state index in [1.165, 1.54) is 33.3 Å². The molecule has 0 atom stereocenters. The van der Waals surface area contributed by atoms with Gasteiger partial charge in [0.25, 0.3) is 0 Å². The van der Waals surface area contributed by atoms with E-state index in [9.17, 15) is 9.59 Å². The first-order valence-electron chi connectivity index (χ1n) is 5.74. The Morgan fingerprint density at radius 3 is 2.05 bits per heavy atom. The van der Waals surface area contributed by atoms with Crippen LogP contribution < -0.4 is 14.8 Å². The van der Waals surface area contributed by atoms with Crippen molar-refractivity contribution in [3.05, 3.63) is 17.7 Å². The van der Waals surface area contributed by atoms with Gasteiger partial charge in [-0.2, -0.15) is 0 Å². The summed E-state index contributed by atoms with van der Waals surface area (Å²) in [5, 5.41) is 2.60. The predicted octanol–water partition coefficient (Wildman–Crippen LogP) is 1.84. The minimum Gasteiger partial charge on any atom is -0.494 e. The zero-order chi connectivity index (χ0) is 14.4. The zero-order valence-corrected chi connectivity index (χ0v) is 11.4. The molecule has 1 amide bonds. The molecule has 0 aliphatic carbocycles. The van der Waals surface area contributed by atoms with Crippen molar-refractivity contribution in [2.45, 2.75) is 13.8 Å². The van der Waals surface area contributed by atoms with Crippen molar-refractivity contribution in [2.75, 3.05) is 26.1 Å². The molecule has 0 bridgehead atoms. The van der Waals surface area contributed by atoms with Crippen molar-refractivity contribution in [1.29, 1.82) is 0 Å². The Morgan fingerprint density at radius 2 is 1.68 bits per heavy atom. The first kappa shape index (κ1) is 14.8. The molecule has 0 aromatic heterocycles. The van der Waals surface area contributed by atoms with Gasteiger partial charge in [-0.3, -0.25) is 4.79 Å². The first-order chi connectivity index (χ1) is 9.03. The maximum atomic E-state index is 11.7. The highest BCUT2D eigenvalue weighted by Gasteiger charge is 2.17. The van der Waals surface area contributed by atoms with E-state index >= 15 is 0 Å². The second-order valence-corrected chi connectivity index (χ2v) is 3.66. The lowest BCUT2D eigenvalue weighted by Crippen LogP contribution is -2.11. The van der Waals surface area contributed by atoms with Crippen molar-refractivity contribution in [2.24, 2.45) is 0 Å². The van der Waals surface area contributed by atoms with Crippen LogP contribution in [0.1, 0.15) is 24.2 Å². The summed E-state index contributed by atoms with van der Waals surface area (Å²) in [7, 11) is 2.88. The Bertz CT molecular complexity index is 459. The monoisotopic (exact) mass is 267 g/mol. The highest BCUT2D eigenvalue weighted by Crippen LogP contribution is 2.36. The van der Waals surface area contributed by atoms with E-state index in [1.54, 1.807) is 6.92 Å². The molecule has 0 radical (unpaired) electrons. The Kier molecular flexibility index (Phi) is 5.17. The van der Waals surface area contributed by atoms with Crippen LogP contribution in [0.5, 0.6) is 11.5 Å². The molecule has 1 N–H and O–H groups in total. The Morgan fingerprint density at radius 1 is 1.16 bits per heavy atom. The number of hydrogen-bond acceptors (Lipinski definition) is 5. The number of hydrogen-bond donors (Lipinski definition) is 1. The molecular weight excluding hydrogens is 250 g/mol. The number of nitrogens with one attached hydrogen (secondary N) is 1. The topological polar surface area (TPSA) is 73.9 Å². The maximum absolute atomic E-state index is 11.7. The van der Waals surface area contributed by atoms with Crippen LogP contribution in [0.25, 0.3) is 0 Å². The van der Waals surface area contributed by atoms with Crippen LogP contribution in [0.3, 0.4) is 0 Å². The highest BCUT2D eigenvalue weighted by atomic mass is 16.5. The third-order valence-electron chi connectivity index (χ3n) is 2.32. The van der Waals surface area contributed by atoms with E-state index in [2.05, 4.69) is 5.32 Å². The summed E-state index contributed by atoms with van der Waals surface area (Å²) >= 11 is 0. The molecule has 6 heteroatoms. The molecule has 0 aliphatic rings. The van der Waals surface area contributed by atoms with Crippen LogP contribution in [-0.4, -0.2) is 32.7 Å². The number of rotatable bonds is 5. The SMILES string of the molecule is CCOC(=O)c1cc(OC)c(NC(C)=O)c(OC)c1. The molecule has 0 heterocycles. The van der Waals surface area contributed by atoms with Gasteiger partial charge >= 0.3 is 5.97 Å². The number of benzene rings is 1. The number of ether oxygens (including phenoxy) is 3. The molecule has 1 rings (SSSR count). The fourth-order valence-electron chi connectivity index (χ4n) is 1.54. The molecule has 1 aromatic rings. The molecule has 0 fully saturated rings.